The minimum Gasteiger partial charge on any atom is -0.291 e. The van der Waals surface area contributed by atoms with Crippen molar-refractivity contribution in [3.8, 4) is 0 Å². The molecule has 0 saturated heterocycles. The van der Waals surface area contributed by atoms with Crippen molar-refractivity contribution in [1.29, 1.82) is 0 Å². The third-order valence-corrected chi connectivity index (χ3v) is 1.50. The molecule has 0 bridgehead atoms. The molecule has 1 unspecified atom stereocenters. The van der Waals surface area contributed by atoms with Gasteiger partial charge in [-0.3, -0.25) is 4.18 Å². The van der Waals surface area contributed by atoms with Crippen LogP contribution in [0.25, 0.3) is 0 Å². The summed E-state index contributed by atoms with van der Waals surface area (Å²) in [4.78, 5) is 0. The normalized spacial score (nSPS) is 13.6. The van der Waals surface area contributed by atoms with Crippen LogP contribution in [0, 0.1) is 0 Å². The molecule has 0 aromatic rings. The average Bonchev–Trinajstić information content (AvgIpc) is 1.80. The van der Waals surface area contributed by atoms with Crippen molar-refractivity contribution < 1.29 is 8.39 Å². The van der Waals surface area contributed by atoms with Crippen molar-refractivity contribution in [3.63, 3.8) is 0 Å². The summed E-state index contributed by atoms with van der Waals surface area (Å²) in [7, 11) is 0. The van der Waals surface area contributed by atoms with Gasteiger partial charge < -0.3 is 0 Å². The Bertz CT molecular complexity index is 83.1. The molecular weight excluding hydrogens is 136 g/mol. The third-order valence-electron chi connectivity index (χ3n) is 0.997. The maximum Gasteiger partial charge on any atom is 0.152 e. The molecule has 0 aliphatic rings. The van der Waals surface area contributed by atoms with Crippen molar-refractivity contribution in [2.24, 2.45) is 0 Å². The monoisotopic (exact) mass is 150 g/mol. The fourth-order valence-electron chi connectivity index (χ4n) is 0.528. The van der Waals surface area contributed by atoms with E-state index in [1.54, 1.807) is 6.26 Å². The van der Waals surface area contributed by atoms with E-state index in [9.17, 15) is 4.21 Å². The highest BCUT2D eigenvalue weighted by atomic mass is 32.2. The maximum absolute atomic E-state index is 10.3. The van der Waals surface area contributed by atoms with Gasteiger partial charge in [-0.25, -0.2) is 4.21 Å². The summed E-state index contributed by atoms with van der Waals surface area (Å²) in [6.07, 6.45) is 4.92. The van der Waals surface area contributed by atoms with Gasteiger partial charge in [-0.1, -0.05) is 19.8 Å². The molecule has 0 N–H and O–H groups in total. The van der Waals surface area contributed by atoms with Gasteiger partial charge in [-0.05, 0) is 6.42 Å². The van der Waals surface area contributed by atoms with Gasteiger partial charge in [0, 0.05) is 6.26 Å². The lowest BCUT2D eigenvalue weighted by Gasteiger charge is -1.96. The number of rotatable bonds is 5. The first-order valence-corrected chi connectivity index (χ1v) is 4.72. The van der Waals surface area contributed by atoms with E-state index in [1.165, 1.54) is 6.42 Å². The highest BCUT2D eigenvalue weighted by molar-refractivity contribution is 7.79. The van der Waals surface area contributed by atoms with Gasteiger partial charge in [-0.15, -0.1) is 0 Å². The smallest absolute Gasteiger partial charge is 0.152 e. The van der Waals surface area contributed by atoms with Crippen molar-refractivity contribution in [3.05, 3.63) is 0 Å². The molecule has 9 heavy (non-hydrogen) atoms. The molecule has 0 heterocycles. The maximum atomic E-state index is 10.3. The average molecular weight is 150 g/mol. The van der Waals surface area contributed by atoms with Gasteiger partial charge in [0.2, 0.25) is 0 Å². The van der Waals surface area contributed by atoms with Gasteiger partial charge in [0.05, 0.1) is 6.61 Å². The highest BCUT2D eigenvalue weighted by Crippen LogP contribution is 1.94. The van der Waals surface area contributed by atoms with E-state index < -0.39 is 11.1 Å². The topological polar surface area (TPSA) is 26.3 Å². The summed E-state index contributed by atoms with van der Waals surface area (Å²) in [5.41, 5.74) is 0. The molecule has 2 nitrogen and oxygen atoms in total. The second-order valence-corrected chi connectivity index (χ2v) is 2.97. The fraction of sp³-hybridized carbons (Fsp3) is 1.00. The molecule has 0 amide bonds. The molecule has 3 heteroatoms. The molecule has 0 aliphatic heterocycles. The summed E-state index contributed by atoms with van der Waals surface area (Å²) in [6.45, 7) is 2.76. The van der Waals surface area contributed by atoms with Crippen LogP contribution in [-0.2, 0) is 15.3 Å². The first-order chi connectivity index (χ1) is 4.27. The van der Waals surface area contributed by atoms with Crippen molar-refractivity contribution in [2.45, 2.75) is 26.2 Å². The van der Waals surface area contributed by atoms with Crippen LogP contribution in [-0.4, -0.2) is 17.1 Å². The Kier molecular flexibility index (Phi) is 6.31. The van der Waals surface area contributed by atoms with Crippen molar-refractivity contribution >= 4 is 11.1 Å². The van der Waals surface area contributed by atoms with Crippen LogP contribution >= 0.6 is 0 Å². The second kappa shape index (κ2) is 6.23. The van der Waals surface area contributed by atoms with E-state index in [0.29, 0.717) is 6.61 Å². The molecule has 0 saturated carbocycles. The van der Waals surface area contributed by atoms with E-state index in [0.717, 1.165) is 12.8 Å². The lowest BCUT2D eigenvalue weighted by Crippen LogP contribution is -1.95. The molecule has 0 aromatic heterocycles. The zero-order valence-electron chi connectivity index (χ0n) is 6.05. The van der Waals surface area contributed by atoms with Gasteiger partial charge in [0.15, 0.2) is 11.1 Å². The molecular formula is C6H14O2S. The van der Waals surface area contributed by atoms with Gasteiger partial charge >= 0.3 is 0 Å². The Morgan fingerprint density at radius 2 is 2.11 bits per heavy atom. The number of unbranched alkanes of at least 4 members (excludes halogenated alkanes) is 2. The first-order valence-electron chi connectivity index (χ1n) is 3.24. The van der Waals surface area contributed by atoms with Crippen LogP contribution in [0.5, 0.6) is 0 Å². The predicted octanol–water partition coefficient (Wildman–Crippen LogP) is 1.49. The minimum atomic E-state index is -1.07. The van der Waals surface area contributed by atoms with Crippen LogP contribution < -0.4 is 0 Å². The fourth-order valence-corrected chi connectivity index (χ4v) is 0.881. The molecule has 0 aliphatic carbocycles. The zero-order chi connectivity index (χ0) is 7.11. The standard InChI is InChI=1S/C6H14O2S/c1-3-4-5-6-8-9(2)7/h3-6H2,1-2H3. The predicted molar refractivity (Wildman–Crippen MR) is 39.5 cm³/mol. The minimum absolute atomic E-state index is 0.636. The quantitative estimate of drug-likeness (QED) is 0.555. The summed E-state index contributed by atoms with van der Waals surface area (Å²) in [5, 5.41) is 0. The summed E-state index contributed by atoms with van der Waals surface area (Å²) >= 11 is -1.07. The largest absolute Gasteiger partial charge is 0.291 e. The van der Waals surface area contributed by atoms with Crippen LogP contribution in [0.1, 0.15) is 26.2 Å². The van der Waals surface area contributed by atoms with Crippen LogP contribution in [0.15, 0.2) is 0 Å². The Balaban J connectivity index is 2.83. The van der Waals surface area contributed by atoms with E-state index in [2.05, 4.69) is 6.92 Å². The number of hydrogen-bond acceptors (Lipinski definition) is 2. The molecule has 0 radical (unpaired) electrons. The molecule has 0 fully saturated rings. The van der Waals surface area contributed by atoms with Crippen molar-refractivity contribution in [2.75, 3.05) is 12.9 Å². The van der Waals surface area contributed by atoms with E-state index in [-0.39, 0.29) is 0 Å². The summed E-state index contributed by atoms with van der Waals surface area (Å²) in [6, 6.07) is 0. The Labute approximate surface area is 59.3 Å². The van der Waals surface area contributed by atoms with E-state index in [1.807, 2.05) is 0 Å². The van der Waals surface area contributed by atoms with Crippen LogP contribution in [0.3, 0.4) is 0 Å². The first kappa shape index (κ1) is 9.11. The second-order valence-electron chi connectivity index (χ2n) is 1.93. The molecule has 56 valence electrons. The van der Waals surface area contributed by atoms with E-state index in [4.69, 9.17) is 4.18 Å². The lowest BCUT2D eigenvalue weighted by atomic mass is 10.3. The molecule has 1 atom stereocenters. The van der Waals surface area contributed by atoms with E-state index >= 15 is 0 Å². The highest BCUT2D eigenvalue weighted by Gasteiger charge is 1.88. The van der Waals surface area contributed by atoms with Gasteiger partial charge in [0.1, 0.15) is 0 Å². The Morgan fingerprint density at radius 3 is 2.56 bits per heavy atom. The zero-order valence-corrected chi connectivity index (χ0v) is 6.87. The molecule has 0 aromatic carbocycles. The Hall–Kier alpha value is 0.110. The third kappa shape index (κ3) is 8.11. The molecule has 0 rings (SSSR count). The molecule has 0 spiro atoms. The SMILES string of the molecule is CCCCCOS(C)=O. The van der Waals surface area contributed by atoms with Crippen LogP contribution in [0.2, 0.25) is 0 Å². The van der Waals surface area contributed by atoms with Crippen molar-refractivity contribution in [1.82, 2.24) is 0 Å². The lowest BCUT2D eigenvalue weighted by molar-refractivity contribution is 0.337. The Morgan fingerprint density at radius 1 is 1.44 bits per heavy atom. The number of hydrogen-bond donors (Lipinski definition) is 0. The summed E-state index contributed by atoms with van der Waals surface area (Å²) < 4.78 is 15.1. The van der Waals surface area contributed by atoms with Crippen LogP contribution in [0.4, 0.5) is 0 Å². The summed E-state index contributed by atoms with van der Waals surface area (Å²) in [5.74, 6) is 0. The van der Waals surface area contributed by atoms with Gasteiger partial charge in [-0.2, -0.15) is 0 Å². The van der Waals surface area contributed by atoms with Gasteiger partial charge in [0.25, 0.3) is 0 Å².